The van der Waals surface area contributed by atoms with Crippen LogP contribution in [0.2, 0.25) is 0 Å². The number of carbonyl (C=O) groups excluding carboxylic acids is 1. The van der Waals surface area contributed by atoms with Crippen molar-refractivity contribution >= 4 is 11.4 Å². The summed E-state index contributed by atoms with van der Waals surface area (Å²) in [5.41, 5.74) is 2.82. The lowest BCUT2D eigenvalue weighted by molar-refractivity contribution is 0.0646. The van der Waals surface area contributed by atoms with Crippen molar-refractivity contribution in [2.24, 2.45) is 0 Å². The summed E-state index contributed by atoms with van der Waals surface area (Å²) in [5.74, 6) is -0.925. The molecule has 0 spiro atoms. The molecule has 1 N–H and O–H groups in total. The highest BCUT2D eigenvalue weighted by Gasteiger charge is 2.38. The molecule has 6 rings (SSSR count). The number of imidazole rings is 1. The van der Waals surface area contributed by atoms with Gasteiger partial charge in [-0.3, -0.25) is 4.79 Å². The van der Waals surface area contributed by atoms with E-state index in [-0.39, 0.29) is 11.8 Å². The summed E-state index contributed by atoms with van der Waals surface area (Å²) >= 11 is 0. The van der Waals surface area contributed by atoms with Crippen molar-refractivity contribution in [1.29, 1.82) is 0 Å². The van der Waals surface area contributed by atoms with Crippen LogP contribution >= 0.6 is 0 Å². The van der Waals surface area contributed by atoms with Gasteiger partial charge in [-0.2, -0.15) is 5.10 Å². The third-order valence-electron chi connectivity index (χ3n) is 5.35. The number of amides is 1. The summed E-state index contributed by atoms with van der Waals surface area (Å²) in [7, 11) is 0. The van der Waals surface area contributed by atoms with Crippen LogP contribution in [0.5, 0.6) is 0 Å². The van der Waals surface area contributed by atoms with Crippen LogP contribution < -0.4 is 0 Å². The first-order valence-corrected chi connectivity index (χ1v) is 9.75. The molecule has 158 valence electrons. The Morgan fingerprint density at radius 1 is 1.25 bits per heavy atom. The van der Waals surface area contributed by atoms with Crippen LogP contribution in [-0.4, -0.2) is 57.1 Å². The molecule has 0 aromatic carbocycles. The van der Waals surface area contributed by atoms with Crippen LogP contribution in [0.3, 0.4) is 0 Å². The Labute approximate surface area is 179 Å². The maximum Gasteiger partial charge on any atom is 0.312 e. The van der Waals surface area contributed by atoms with Gasteiger partial charge in [0.2, 0.25) is 0 Å². The average molecular weight is 431 g/mol. The van der Waals surface area contributed by atoms with E-state index in [4.69, 9.17) is 4.42 Å². The normalized spacial score (nSPS) is 15.8. The quantitative estimate of drug-likeness (QED) is 0.458. The second kappa shape index (κ2) is 7.04. The van der Waals surface area contributed by atoms with Gasteiger partial charge in [-0.05, 0) is 18.2 Å². The van der Waals surface area contributed by atoms with Crippen molar-refractivity contribution < 1.29 is 13.6 Å². The first-order valence-electron chi connectivity index (χ1n) is 9.75. The average Bonchev–Trinajstić information content (AvgIpc) is 3.58. The van der Waals surface area contributed by atoms with E-state index in [9.17, 15) is 9.18 Å². The number of H-pyrrole nitrogens is 1. The van der Waals surface area contributed by atoms with Crippen LogP contribution in [0.1, 0.15) is 33.8 Å². The van der Waals surface area contributed by atoms with Crippen LogP contribution in [0.15, 0.2) is 53.9 Å². The van der Waals surface area contributed by atoms with Crippen molar-refractivity contribution in [3.05, 3.63) is 78.2 Å². The van der Waals surface area contributed by atoms with Crippen LogP contribution in [0, 0.1) is 5.82 Å². The van der Waals surface area contributed by atoms with Gasteiger partial charge in [0.25, 0.3) is 5.89 Å². The largest absolute Gasteiger partial charge is 0.412 e. The summed E-state index contributed by atoms with van der Waals surface area (Å²) in [4.78, 5) is 30.3. The van der Waals surface area contributed by atoms with Crippen molar-refractivity contribution in [2.45, 2.75) is 12.5 Å². The summed E-state index contributed by atoms with van der Waals surface area (Å²) in [5, 5.41) is 12.4. The van der Waals surface area contributed by atoms with E-state index in [0.717, 1.165) is 5.69 Å². The van der Waals surface area contributed by atoms with E-state index in [1.165, 1.54) is 29.3 Å². The molecule has 5 aromatic rings. The monoisotopic (exact) mass is 431 g/mol. The first-order chi connectivity index (χ1) is 15.7. The predicted octanol–water partition coefficient (Wildman–Crippen LogP) is 1.82. The molecular formula is C20H14FN9O2. The first kappa shape index (κ1) is 18.3. The molecule has 11 nitrogen and oxygen atoms in total. The SMILES string of the molecule is O=C(c1nnc(-c2cncnc2)o1)N1CCc2[nH]cnc2C1c1cc2c(F)cccn2n1. The lowest BCUT2D eigenvalue weighted by Gasteiger charge is -2.32. The van der Waals surface area contributed by atoms with Gasteiger partial charge in [0, 0.05) is 37.3 Å². The summed E-state index contributed by atoms with van der Waals surface area (Å²) in [6.45, 7) is 0.362. The lowest BCUT2D eigenvalue weighted by Crippen LogP contribution is -2.41. The van der Waals surface area contributed by atoms with Gasteiger partial charge in [0.05, 0.1) is 23.3 Å². The van der Waals surface area contributed by atoms with E-state index in [2.05, 4.69) is 35.2 Å². The van der Waals surface area contributed by atoms with Gasteiger partial charge >= 0.3 is 11.8 Å². The second-order valence-corrected chi connectivity index (χ2v) is 7.21. The number of halogens is 1. The number of nitrogens with one attached hydrogen (secondary N) is 1. The van der Waals surface area contributed by atoms with Crippen LogP contribution in [0.25, 0.3) is 17.0 Å². The predicted molar refractivity (Wildman–Crippen MR) is 106 cm³/mol. The molecule has 32 heavy (non-hydrogen) atoms. The third kappa shape index (κ3) is 2.84. The van der Waals surface area contributed by atoms with Gasteiger partial charge in [0.15, 0.2) is 0 Å². The summed E-state index contributed by atoms with van der Waals surface area (Å²) in [6.07, 6.45) is 8.19. The zero-order valence-electron chi connectivity index (χ0n) is 16.4. The molecule has 5 aromatic heterocycles. The Bertz CT molecular complexity index is 1440. The van der Waals surface area contributed by atoms with Gasteiger partial charge in [-0.25, -0.2) is 23.9 Å². The maximum atomic E-state index is 14.3. The Hall–Kier alpha value is -4.48. The molecule has 0 aliphatic carbocycles. The molecule has 6 heterocycles. The standard InChI is InChI=1S/C20H14FN9O2/c21-12-2-1-4-30-15(12)6-14(28-30)17-16-13(24-10-25-16)3-5-29(17)20(31)19-27-26-18(32-19)11-7-22-9-23-8-11/h1-2,4,6-10,17H,3,5H2,(H,24,25). The lowest BCUT2D eigenvalue weighted by atomic mass is 9.99. The van der Waals surface area contributed by atoms with Gasteiger partial charge in [-0.1, -0.05) is 0 Å². The Morgan fingerprint density at radius 3 is 2.97 bits per heavy atom. The fourth-order valence-electron chi connectivity index (χ4n) is 3.89. The van der Waals surface area contributed by atoms with Crippen molar-refractivity contribution in [2.75, 3.05) is 6.54 Å². The minimum atomic E-state index is -0.646. The van der Waals surface area contributed by atoms with E-state index >= 15 is 0 Å². The third-order valence-corrected chi connectivity index (χ3v) is 5.35. The molecule has 0 saturated carbocycles. The molecule has 1 atom stereocenters. The van der Waals surface area contributed by atoms with E-state index in [0.29, 0.717) is 35.4 Å². The number of carbonyl (C=O) groups is 1. The number of rotatable bonds is 3. The Morgan fingerprint density at radius 2 is 2.12 bits per heavy atom. The number of hydrogen-bond acceptors (Lipinski definition) is 8. The fourth-order valence-corrected chi connectivity index (χ4v) is 3.89. The highest BCUT2D eigenvalue weighted by atomic mass is 19.1. The molecule has 0 bridgehead atoms. The van der Waals surface area contributed by atoms with E-state index in [1.54, 1.807) is 29.6 Å². The van der Waals surface area contributed by atoms with Gasteiger partial charge < -0.3 is 14.3 Å². The number of aromatic amines is 1. The second-order valence-electron chi connectivity index (χ2n) is 7.21. The zero-order valence-corrected chi connectivity index (χ0v) is 16.4. The van der Waals surface area contributed by atoms with Crippen molar-refractivity contribution in [3.63, 3.8) is 0 Å². The minimum absolute atomic E-state index is 0.137. The maximum absolute atomic E-state index is 14.3. The highest BCUT2D eigenvalue weighted by molar-refractivity contribution is 5.90. The molecule has 0 fully saturated rings. The van der Waals surface area contributed by atoms with Crippen LogP contribution in [-0.2, 0) is 6.42 Å². The smallest absolute Gasteiger partial charge is 0.312 e. The molecule has 1 amide bonds. The van der Waals surface area contributed by atoms with Crippen molar-refractivity contribution in [3.8, 4) is 11.5 Å². The van der Waals surface area contributed by atoms with E-state index < -0.39 is 17.8 Å². The summed E-state index contributed by atoms with van der Waals surface area (Å²) in [6, 6.07) is 3.89. The van der Waals surface area contributed by atoms with Gasteiger partial charge in [0.1, 0.15) is 23.7 Å². The molecule has 12 heteroatoms. The number of fused-ring (bicyclic) bond motifs is 2. The zero-order chi connectivity index (χ0) is 21.7. The number of hydrogen-bond donors (Lipinski definition) is 1. The van der Waals surface area contributed by atoms with Crippen LogP contribution in [0.4, 0.5) is 4.39 Å². The highest BCUT2D eigenvalue weighted by Crippen LogP contribution is 2.34. The molecule has 1 aliphatic rings. The fraction of sp³-hybridized carbons (Fsp3) is 0.150. The molecule has 1 aliphatic heterocycles. The molecular weight excluding hydrogens is 417 g/mol. The number of nitrogens with zero attached hydrogens (tertiary/aromatic N) is 8. The minimum Gasteiger partial charge on any atom is -0.412 e. The van der Waals surface area contributed by atoms with Crippen molar-refractivity contribution in [1.82, 2.24) is 44.6 Å². The summed E-state index contributed by atoms with van der Waals surface area (Å²) < 4.78 is 21.3. The van der Waals surface area contributed by atoms with E-state index in [1.807, 2.05) is 0 Å². The number of aromatic nitrogens is 8. The number of pyridine rings is 1. The topological polar surface area (TPSA) is 131 Å². The Balaban J connectivity index is 1.41. The Kier molecular flexibility index (Phi) is 4.03. The molecule has 0 saturated heterocycles. The molecule has 0 radical (unpaired) electrons. The van der Waals surface area contributed by atoms with Gasteiger partial charge in [-0.15, -0.1) is 10.2 Å². The molecule has 1 unspecified atom stereocenters.